The zero-order chi connectivity index (χ0) is 9.94. The molecule has 0 saturated heterocycles. The molecule has 0 saturated carbocycles. The van der Waals surface area contributed by atoms with Gasteiger partial charge in [0, 0.05) is 13.1 Å². The van der Waals surface area contributed by atoms with E-state index in [2.05, 4.69) is 24.5 Å². The third-order valence-corrected chi connectivity index (χ3v) is 2.14. The van der Waals surface area contributed by atoms with E-state index in [9.17, 15) is 0 Å². The summed E-state index contributed by atoms with van der Waals surface area (Å²) >= 11 is 5.08. The Labute approximate surface area is 87.5 Å². The zero-order valence-electron chi connectivity index (χ0n) is 8.86. The Kier molecular flexibility index (Phi) is 9.54. The van der Waals surface area contributed by atoms with Crippen LogP contribution in [0.25, 0.3) is 0 Å². The molecule has 0 spiro atoms. The highest BCUT2D eigenvalue weighted by Crippen LogP contribution is 1.96. The Morgan fingerprint density at radius 1 is 0.923 bits per heavy atom. The number of hydrogen-bond donors (Lipinski definition) is 2. The van der Waals surface area contributed by atoms with Crippen molar-refractivity contribution in [1.82, 2.24) is 10.6 Å². The third kappa shape index (κ3) is 9.61. The van der Waals surface area contributed by atoms with Crippen molar-refractivity contribution < 1.29 is 0 Å². The van der Waals surface area contributed by atoms with E-state index in [4.69, 9.17) is 12.2 Å². The fourth-order valence-corrected chi connectivity index (χ4v) is 1.26. The van der Waals surface area contributed by atoms with Crippen LogP contribution in [0.2, 0.25) is 0 Å². The predicted molar refractivity (Wildman–Crippen MR) is 63.0 cm³/mol. The van der Waals surface area contributed by atoms with Crippen LogP contribution in [0.4, 0.5) is 0 Å². The Morgan fingerprint density at radius 2 is 1.62 bits per heavy atom. The molecule has 0 heterocycles. The van der Waals surface area contributed by atoms with Crippen LogP contribution < -0.4 is 10.6 Å². The first-order chi connectivity index (χ1) is 6.31. The van der Waals surface area contributed by atoms with E-state index in [-0.39, 0.29) is 0 Å². The molecule has 0 aliphatic rings. The lowest BCUT2D eigenvalue weighted by Gasteiger charge is -2.08. The van der Waals surface area contributed by atoms with Crippen LogP contribution in [0.3, 0.4) is 0 Å². The molecule has 0 rings (SSSR count). The van der Waals surface area contributed by atoms with Crippen molar-refractivity contribution in [2.24, 2.45) is 0 Å². The number of thiocarbonyl (C=S) groups is 1. The Balaban J connectivity index is 3.08. The lowest BCUT2D eigenvalue weighted by molar-refractivity contribution is 0.650. The van der Waals surface area contributed by atoms with Crippen molar-refractivity contribution in [1.29, 1.82) is 0 Å². The SMILES string of the molecule is CCCCCCNC(=S)NCCC. The van der Waals surface area contributed by atoms with E-state index in [1.807, 2.05) is 0 Å². The maximum absolute atomic E-state index is 5.08. The van der Waals surface area contributed by atoms with Crippen LogP contribution in [-0.2, 0) is 0 Å². The molecule has 3 heteroatoms. The molecule has 2 N–H and O–H groups in total. The number of unbranched alkanes of at least 4 members (excludes halogenated alkanes) is 3. The van der Waals surface area contributed by atoms with E-state index >= 15 is 0 Å². The van der Waals surface area contributed by atoms with Gasteiger partial charge in [0.25, 0.3) is 0 Å². The molecule has 0 aromatic carbocycles. The standard InChI is InChI=1S/C10H22N2S/c1-3-5-6-7-9-12-10(13)11-8-4-2/h3-9H2,1-2H3,(H2,11,12,13). The normalized spacial score (nSPS) is 9.69. The zero-order valence-corrected chi connectivity index (χ0v) is 9.67. The molecule has 0 atom stereocenters. The predicted octanol–water partition coefficient (Wildman–Crippen LogP) is 2.44. The van der Waals surface area contributed by atoms with E-state index in [1.54, 1.807) is 0 Å². The van der Waals surface area contributed by atoms with Gasteiger partial charge in [-0.2, -0.15) is 0 Å². The summed E-state index contributed by atoms with van der Waals surface area (Å²) in [6.45, 7) is 6.34. The summed E-state index contributed by atoms with van der Waals surface area (Å²) in [4.78, 5) is 0. The van der Waals surface area contributed by atoms with Crippen molar-refractivity contribution in [2.45, 2.75) is 46.0 Å². The average molecular weight is 202 g/mol. The number of nitrogens with one attached hydrogen (secondary N) is 2. The van der Waals surface area contributed by atoms with Crippen LogP contribution in [-0.4, -0.2) is 18.2 Å². The highest BCUT2D eigenvalue weighted by molar-refractivity contribution is 7.80. The van der Waals surface area contributed by atoms with Crippen LogP contribution >= 0.6 is 12.2 Å². The van der Waals surface area contributed by atoms with Gasteiger partial charge in [-0.25, -0.2) is 0 Å². The number of rotatable bonds is 7. The lowest BCUT2D eigenvalue weighted by Crippen LogP contribution is -2.36. The minimum Gasteiger partial charge on any atom is -0.363 e. The second kappa shape index (κ2) is 9.78. The molecule has 2 nitrogen and oxygen atoms in total. The molecule has 13 heavy (non-hydrogen) atoms. The van der Waals surface area contributed by atoms with Gasteiger partial charge in [0.15, 0.2) is 5.11 Å². The van der Waals surface area contributed by atoms with Gasteiger partial charge in [0.05, 0.1) is 0 Å². The molecule has 0 unspecified atom stereocenters. The molecule has 0 fully saturated rings. The highest BCUT2D eigenvalue weighted by atomic mass is 32.1. The van der Waals surface area contributed by atoms with E-state index in [1.165, 1.54) is 25.7 Å². The molecule has 0 radical (unpaired) electrons. The maximum atomic E-state index is 5.08. The molecule has 0 bridgehead atoms. The number of hydrogen-bond acceptors (Lipinski definition) is 1. The van der Waals surface area contributed by atoms with Gasteiger partial charge in [0.2, 0.25) is 0 Å². The monoisotopic (exact) mass is 202 g/mol. The van der Waals surface area contributed by atoms with Gasteiger partial charge in [0.1, 0.15) is 0 Å². The lowest BCUT2D eigenvalue weighted by atomic mass is 10.2. The smallest absolute Gasteiger partial charge is 0.166 e. The molecular weight excluding hydrogens is 180 g/mol. The van der Waals surface area contributed by atoms with Crippen LogP contribution in [0.5, 0.6) is 0 Å². The first kappa shape index (κ1) is 12.7. The summed E-state index contributed by atoms with van der Waals surface area (Å²) in [5.74, 6) is 0. The minimum absolute atomic E-state index is 0.804. The van der Waals surface area contributed by atoms with Crippen molar-refractivity contribution in [3.8, 4) is 0 Å². The largest absolute Gasteiger partial charge is 0.363 e. The van der Waals surface area contributed by atoms with Gasteiger partial charge in [-0.3, -0.25) is 0 Å². The molecule has 0 amide bonds. The van der Waals surface area contributed by atoms with Gasteiger partial charge >= 0.3 is 0 Å². The van der Waals surface area contributed by atoms with Crippen LogP contribution in [0, 0.1) is 0 Å². The van der Waals surface area contributed by atoms with Gasteiger partial charge < -0.3 is 10.6 Å². The van der Waals surface area contributed by atoms with Crippen molar-refractivity contribution in [3.63, 3.8) is 0 Å². The fraction of sp³-hybridized carbons (Fsp3) is 0.900. The highest BCUT2D eigenvalue weighted by Gasteiger charge is 1.92. The Bertz CT molecular complexity index is 126. The van der Waals surface area contributed by atoms with Crippen LogP contribution in [0.15, 0.2) is 0 Å². The summed E-state index contributed by atoms with van der Waals surface area (Å²) < 4.78 is 0. The molecule has 0 aliphatic carbocycles. The van der Waals surface area contributed by atoms with E-state index in [0.717, 1.165) is 24.6 Å². The first-order valence-electron chi connectivity index (χ1n) is 5.33. The summed E-state index contributed by atoms with van der Waals surface area (Å²) in [5.41, 5.74) is 0. The minimum atomic E-state index is 0.804. The molecule has 0 aliphatic heterocycles. The summed E-state index contributed by atoms with van der Waals surface area (Å²) in [6.07, 6.45) is 6.27. The van der Waals surface area contributed by atoms with Gasteiger partial charge in [-0.05, 0) is 25.1 Å². The molecule has 0 aromatic heterocycles. The molecular formula is C10H22N2S. The van der Waals surface area contributed by atoms with Gasteiger partial charge in [-0.15, -0.1) is 0 Å². The topological polar surface area (TPSA) is 24.1 Å². The maximum Gasteiger partial charge on any atom is 0.166 e. The summed E-state index contributed by atoms with van der Waals surface area (Å²) in [6, 6.07) is 0. The summed E-state index contributed by atoms with van der Waals surface area (Å²) in [5, 5.41) is 7.14. The van der Waals surface area contributed by atoms with Crippen molar-refractivity contribution in [3.05, 3.63) is 0 Å². The second-order valence-corrected chi connectivity index (χ2v) is 3.65. The van der Waals surface area contributed by atoms with Crippen LogP contribution in [0.1, 0.15) is 46.0 Å². The second-order valence-electron chi connectivity index (χ2n) is 3.24. The molecule has 0 aromatic rings. The Hall–Kier alpha value is -0.310. The fourth-order valence-electron chi connectivity index (χ4n) is 1.05. The summed E-state index contributed by atoms with van der Waals surface area (Å²) in [7, 11) is 0. The van der Waals surface area contributed by atoms with Crippen molar-refractivity contribution >= 4 is 17.3 Å². The molecule has 78 valence electrons. The van der Waals surface area contributed by atoms with Crippen molar-refractivity contribution in [2.75, 3.05) is 13.1 Å². The van der Waals surface area contributed by atoms with Gasteiger partial charge in [-0.1, -0.05) is 33.1 Å². The van der Waals surface area contributed by atoms with E-state index in [0.29, 0.717) is 0 Å². The van der Waals surface area contributed by atoms with E-state index < -0.39 is 0 Å². The average Bonchev–Trinajstić information content (AvgIpc) is 2.14. The Morgan fingerprint density at radius 3 is 2.23 bits per heavy atom. The third-order valence-electron chi connectivity index (χ3n) is 1.85. The quantitative estimate of drug-likeness (QED) is 0.490. The first-order valence-corrected chi connectivity index (χ1v) is 5.73.